The summed E-state index contributed by atoms with van der Waals surface area (Å²) < 4.78 is -0.268. The number of pyridine rings is 1. The van der Waals surface area contributed by atoms with Crippen molar-refractivity contribution in [1.82, 2.24) is 9.88 Å². The van der Waals surface area contributed by atoms with E-state index in [0.29, 0.717) is 31.7 Å². The Balaban J connectivity index is 1.72. The third-order valence-electron chi connectivity index (χ3n) is 7.70. The molecule has 34 heavy (non-hydrogen) atoms. The van der Waals surface area contributed by atoms with Crippen molar-refractivity contribution in [3.05, 3.63) is 70.9 Å². The van der Waals surface area contributed by atoms with Crippen molar-refractivity contribution in [2.45, 2.75) is 64.5 Å². The SMILES string of the molecule is CCN(C(=O)c1c(C[N+]2([O-])CCCC2)c(-c2ccccc2)nc2ccccc12)C1CCCCC1. The summed E-state index contributed by atoms with van der Waals surface area (Å²) in [5.74, 6) is 0.0611. The Morgan fingerprint density at radius 1 is 0.971 bits per heavy atom. The first kappa shape index (κ1) is 23.0. The molecule has 2 fully saturated rings. The van der Waals surface area contributed by atoms with Crippen LogP contribution < -0.4 is 0 Å². The summed E-state index contributed by atoms with van der Waals surface area (Å²) in [6.45, 7) is 4.27. The molecular weight excluding hydrogens is 422 g/mol. The van der Waals surface area contributed by atoms with E-state index < -0.39 is 0 Å². The number of carbonyl (C=O) groups is 1. The van der Waals surface area contributed by atoms with E-state index in [1.807, 2.05) is 54.6 Å². The summed E-state index contributed by atoms with van der Waals surface area (Å²) in [4.78, 5) is 21.5. The van der Waals surface area contributed by atoms with Crippen LogP contribution in [0.2, 0.25) is 0 Å². The van der Waals surface area contributed by atoms with Crippen LogP contribution >= 0.6 is 0 Å². The van der Waals surface area contributed by atoms with E-state index in [1.165, 1.54) is 19.3 Å². The Labute approximate surface area is 202 Å². The van der Waals surface area contributed by atoms with Gasteiger partial charge in [0.2, 0.25) is 0 Å². The van der Waals surface area contributed by atoms with Gasteiger partial charge >= 0.3 is 0 Å². The zero-order valence-corrected chi connectivity index (χ0v) is 20.2. The molecular formula is C29H35N3O2. The van der Waals surface area contributed by atoms with Gasteiger partial charge in [-0.15, -0.1) is 0 Å². The Bertz CT molecular complexity index is 1150. The fraction of sp³-hybridized carbons (Fsp3) is 0.448. The standard InChI is InChI=1S/C29H35N3O2/c1-2-31(23-15-7-4-8-16-23)29(33)27-24-17-9-10-18-26(24)30-28(22-13-5-3-6-14-22)25(27)21-32(34)19-11-12-20-32/h3,5-6,9-10,13-14,17-18,23H,2,4,7-8,11-12,15-16,19-21H2,1H3. The van der Waals surface area contributed by atoms with Crippen LogP contribution in [-0.2, 0) is 6.54 Å². The Morgan fingerprint density at radius 2 is 1.65 bits per heavy atom. The van der Waals surface area contributed by atoms with Gasteiger partial charge in [0, 0.05) is 41.9 Å². The Morgan fingerprint density at radius 3 is 2.35 bits per heavy atom. The summed E-state index contributed by atoms with van der Waals surface area (Å²) in [6, 6.07) is 18.2. The van der Waals surface area contributed by atoms with Gasteiger partial charge < -0.3 is 14.8 Å². The van der Waals surface area contributed by atoms with Crippen LogP contribution in [0.1, 0.15) is 67.8 Å². The summed E-state index contributed by atoms with van der Waals surface area (Å²) in [5, 5.41) is 14.6. The second-order valence-electron chi connectivity index (χ2n) is 9.95. The van der Waals surface area contributed by atoms with Crippen molar-refractivity contribution >= 4 is 16.8 Å². The molecule has 2 aliphatic rings. The molecule has 0 radical (unpaired) electrons. The first-order valence-corrected chi connectivity index (χ1v) is 12.9. The molecule has 178 valence electrons. The number of quaternary nitrogens is 1. The van der Waals surface area contributed by atoms with Crippen molar-refractivity contribution in [2.24, 2.45) is 0 Å². The van der Waals surface area contributed by atoms with E-state index in [1.54, 1.807) is 0 Å². The monoisotopic (exact) mass is 457 g/mol. The maximum atomic E-state index is 14.4. The first-order chi connectivity index (χ1) is 16.6. The lowest BCUT2D eigenvalue weighted by Crippen LogP contribution is -2.43. The normalized spacial score (nSPS) is 18.3. The average molecular weight is 458 g/mol. The molecule has 0 spiro atoms. The van der Waals surface area contributed by atoms with Gasteiger partial charge in [-0.2, -0.15) is 0 Å². The minimum absolute atomic E-state index is 0.0611. The highest BCUT2D eigenvalue weighted by Crippen LogP contribution is 2.36. The highest BCUT2D eigenvalue weighted by atomic mass is 16.5. The number of amides is 1. The lowest BCUT2D eigenvalue weighted by atomic mass is 9.91. The molecule has 1 aliphatic heterocycles. The second-order valence-corrected chi connectivity index (χ2v) is 9.95. The number of nitrogens with zero attached hydrogens (tertiary/aromatic N) is 3. The summed E-state index contributed by atoms with van der Waals surface area (Å²) in [5.41, 5.74) is 4.07. The van der Waals surface area contributed by atoms with Crippen LogP contribution in [0, 0.1) is 5.21 Å². The summed E-state index contributed by atoms with van der Waals surface area (Å²) in [7, 11) is 0. The fourth-order valence-electron chi connectivity index (χ4n) is 5.95. The predicted octanol–water partition coefficient (Wildman–Crippen LogP) is 6.31. The van der Waals surface area contributed by atoms with Crippen molar-refractivity contribution in [2.75, 3.05) is 19.6 Å². The van der Waals surface area contributed by atoms with Gasteiger partial charge in [0.25, 0.3) is 5.91 Å². The highest BCUT2D eigenvalue weighted by Gasteiger charge is 2.33. The van der Waals surface area contributed by atoms with E-state index in [0.717, 1.165) is 53.4 Å². The molecule has 0 bridgehead atoms. The molecule has 1 saturated heterocycles. The molecule has 1 saturated carbocycles. The molecule has 2 heterocycles. The molecule has 2 aromatic carbocycles. The van der Waals surface area contributed by atoms with Crippen LogP contribution in [0.5, 0.6) is 0 Å². The zero-order valence-electron chi connectivity index (χ0n) is 20.2. The maximum Gasteiger partial charge on any atom is 0.255 e. The molecule has 1 aliphatic carbocycles. The summed E-state index contributed by atoms with van der Waals surface area (Å²) >= 11 is 0. The first-order valence-electron chi connectivity index (χ1n) is 12.9. The van der Waals surface area contributed by atoms with E-state index in [9.17, 15) is 10.0 Å². The molecule has 1 aromatic heterocycles. The molecule has 1 amide bonds. The molecule has 0 N–H and O–H groups in total. The van der Waals surface area contributed by atoms with Crippen molar-refractivity contribution in [3.63, 3.8) is 0 Å². The zero-order chi connectivity index (χ0) is 23.5. The molecule has 5 nitrogen and oxygen atoms in total. The van der Waals surface area contributed by atoms with Gasteiger partial charge in [-0.1, -0.05) is 67.8 Å². The molecule has 5 heteroatoms. The van der Waals surface area contributed by atoms with Crippen LogP contribution in [0.3, 0.4) is 0 Å². The minimum Gasteiger partial charge on any atom is -0.633 e. The maximum absolute atomic E-state index is 14.4. The molecule has 5 rings (SSSR count). The van der Waals surface area contributed by atoms with Crippen molar-refractivity contribution in [1.29, 1.82) is 0 Å². The van der Waals surface area contributed by atoms with Gasteiger partial charge in [0.15, 0.2) is 0 Å². The molecule has 0 atom stereocenters. The lowest BCUT2D eigenvalue weighted by molar-refractivity contribution is -0.881. The molecule has 0 unspecified atom stereocenters. The third-order valence-corrected chi connectivity index (χ3v) is 7.70. The number of hydroxylamine groups is 3. The lowest BCUT2D eigenvalue weighted by Gasteiger charge is -2.40. The topological polar surface area (TPSA) is 56.3 Å². The predicted molar refractivity (Wildman–Crippen MR) is 137 cm³/mol. The number of aromatic nitrogens is 1. The van der Waals surface area contributed by atoms with Gasteiger partial charge in [-0.25, -0.2) is 4.98 Å². The number of fused-ring (bicyclic) bond motifs is 1. The van der Waals surface area contributed by atoms with Crippen LogP contribution in [0.25, 0.3) is 22.2 Å². The largest absolute Gasteiger partial charge is 0.633 e. The number of benzene rings is 2. The van der Waals surface area contributed by atoms with Crippen molar-refractivity contribution < 1.29 is 9.44 Å². The van der Waals surface area contributed by atoms with Gasteiger partial charge in [0.05, 0.1) is 29.9 Å². The number of likely N-dealkylation sites (tertiary alicyclic amines) is 1. The number of hydrogen-bond donors (Lipinski definition) is 0. The smallest absolute Gasteiger partial charge is 0.255 e. The van der Waals surface area contributed by atoms with Gasteiger partial charge in [-0.3, -0.25) is 4.79 Å². The number of carbonyl (C=O) groups excluding carboxylic acids is 1. The van der Waals surface area contributed by atoms with Gasteiger partial charge in [-0.05, 0) is 25.8 Å². The van der Waals surface area contributed by atoms with E-state index in [4.69, 9.17) is 4.98 Å². The van der Waals surface area contributed by atoms with E-state index in [-0.39, 0.29) is 16.6 Å². The number of para-hydroxylation sites is 1. The van der Waals surface area contributed by atoms with Crippen LogP contribution in [-0.4, -0.2) is 46.1 Å². The van der Waals surface area contributed by atoms with E-state index in [2.05, 4.69) is 11.8 Å². The number of rotatable bonds is 6. The van der Waals surface area contributed by atoms with E-state index >= 15 is 0 Å². The highest BCUT2D eigenvalue weighted by molar-refractivity contribution is 6.09. The Hall–Kier alpha value is -2.76. The third kappa shape index (κ3) is 4.47. The van der Waals surface area contributed by atoms with Crippen LogP contribution in [0.15, 0.2) is 54.6 Å². The van der Waals surface area contributed by atoms with Crippen LogP contribution in [0.4, 0.5) is 0 Å². The van der Waals surface area contributed by atoms with Gasteiger partial charge in [0.1, 0.15) is 6.54 Å². The number of hydrogen-bond acceptors (Lipinski definition) is 3. The molecule has 3 aromatic rings. The minimum atomic E-state index is -0.268. The average Bonchev–Trinajstić information content (AvgIpc) is 3.31. The fourth-order valence-corrected chi connectivity index (χ4v) is 5.95. The van der Waals surface area contributed by atoms with Crippen molar-refractivity contribution in [3.8, 4) is 11.3 Å². The Kier molecular flexibility index (Phi) is 6.66. The summed E-state index contributed by atoms with van der Waals surface area (Å²) in [6.07, 6.45) is 7.60. The second kappa shape index (κ2) is 9.85. The quantitative estimate of drug-likeness (QED) is 0.322.